The average Bonchev–Trinajstić information content (AvgIpc) is 2.30. The van der Waals surface area contributed by atoms with Gasteiger partial charge in [0.05, 0.1) is 0 Å². The van der Waals surface area contributed by atoms with E-state index in [1.54, 1.807) is 24.3 Å². The second-order valence-electron chi connectivity index (χ2n) is 3.55. The van der Waals surface area contributed by atoms with Gasteiger partial charge in [-0.2, -0.15) is 0 Å². The van der Waals surface area contributed by atoms with E-state index in [9.17, 15) is 9.59 Å². The molecule has 1 aromatic rings. The van der Waals surface area contributed by atoms with Gasteiger partial charge in [0, 0.05) is 18.6 Å². The van der Waals surface area contributed by atoms with Gasteiger partial charge in [-0.05, 0) is 6.42 Å². The summed E-state index contributed by atoms with van der Waals surface area (Å²) in [5.74, 6) is -0.324. The van der Waals surface area contributed by atoms with Gasteiger partial charge in [0.25, 0.3) is 0 Å². The van der Waals surface area contributed by atoms with Crippen LogP contribution in [0, 0.1) is 0 Å². The van der Waals surface area contributed by atoms with Crippen molar-refractivity contribution in [2.45, 2.75) is 18.9 Å². The fraction of sp³-hybridized carbons (Fsp3) is 0.333. The summed E-state index contributed by atoms with van der Waals surface area (Å²) in [5.41, 5.74) is 0.540. The first-order valence-electron chi connectivity index (χ1n) is 5.02. The summed E-state index contributed by atoms with van der Waals surface area (Å²) in [7, 11) is 0. The summed E-state index contributed by atoms with van der Waals surface area (Å²) in [5, 5.41) is 0. The monoisotopic (exact) mass is 204 g/mol. The van der Waals surface area contributed by atoms with Crippen LogP contribution in [0.2, 0.25) is 0 Å². The number of carbonyl (C=O) groups is 2. The lowest BCUT2D eigenvalue weighted by molar-refractivity contribution is -0.132. The number of ether oxygens (including phenoxy) is 1. The van der Waals surface area contributed by atoms with E-state index < -0.39 is 6.10 Å². The number of Topliss-reactive ketones (excluding diaryl/α,β-unsaturated/α-hetero) is 2. The Balaban J connectivity index is 2.17. The second-order valence-corrected chi connectivity index (χ2v) is 3.55. The lowest BCUT2D eigenvalue weighted by Crippen LogP contribution is -2.36. The van der Waals surface area contributed by atoms with Gasteiger partial charge in [0.2, 0.25) is 0 Å². The van der Waals surface area contributed by atoms with Crippen LogP contribution in [0.4, 0.5) is 0 Å². The molecular weight excluding hydrogens is 192 g/mol. The van der Waals surface area contributed by atoms with E-state index in [-0.39, 0.29) is 11.6 Å². The fourth-order valence-corrected chi connectivity index (χ4v) is 1.65. The Kier molecular flexibility index (Phi) is 2.92. The van der Waals surface area contributed by atoms with E-state index in [1.807, 2.05) is 6.07 Å². The van der Waals surface area contributed by atoms with Crippen molar-refractivity contribution >= 4 is 11.6 Å². The van der Waals surface area contributed by atoms with E-state index in [2.05, 4.69) is 0 Å². The Bertz CT molecular complexity index is 370. The summed E-state index contributed by atoms with van der Waals surface area (Å²) < 4.78 is 5.21. The number of hydrogen-bond donors (Lipinski definition) is 0. The molecule has 1 aliphatic heterocycles. The predicted molar refractivity (Wildman–Crippen MR) is 54.8 cm³/mol. The highest BCUT2D eigenvalue weighted by Crippen LogP contribution is 2.14. The lowest BCUT2D eigenvalue weighted by Gasteiger charge is -2.20. The molecule has 2 rings (SSSR count). The van der Waals surface area contributed by atoms with Gasteiger partial charge in [-0.1, -0.05) is 30.3 Å². The van der Waals surface area contributed by atoms with Gasteiger partial charge in [-0.15, -0.1) is 0 Å². The van der Waals surface area contributed by atoms with Crippen LogP contribution in [-0.4, -0.2) is 24.3 Å². The molecule has 3 nitrogen and oxygen atoms in total. The zero-order valence-electron chi connectivity index (χ0n) is 8.31. The maximum atomic E-state index is 11.9. The topological polar surface area (TPSA) is 43.4 Å². The molecule has 1 unspecified atom stereocenters. The third-order valence-corrected chi connectivity index (χ3v) is 2.44. The van der Waals surface area contributed by atoms with E-state index in [0.29, 0.717) is 18.6 Å². The molecule has 0 spiro atoms. The molecule has 0 radical (unpaired) electrons. The molecule has 78 valence electrons. The molecule has 1 fully saturated rings. The maximum absolute atomic E-state index is 11.9. The molecule has 0 saturated carbocycles. The quantitative estimate of drug-likeness (QED) is 0.543. The second kappa shape index (κ2) is 4.36. The minimum atomic E-state index is -0.874. The summed E-state index contributed by atoms with van der Waals surface area (Å²) >= 11 is 0. The third kappa shape index (κ3) is 2.13. The van der Waals surface area contributed by atoms with Crippen LogP contribution in [0.25, 0.3) is 0 Å². The first-order valence-corrected chi connectivity index (χ1v) is 5.02. The predicted octanol–water partition coefficient (Wildman–Crippen LogP) is 1.62. The Hall–Kier alpha value is -1.48. The molecule has 15 heavy (non-hydrogen) atoms. The Morgan fingerprint density at radius 1 is 1.27 bits per heavy atom. The number of benzene rings is 1. The van der Waals surface area contributed by atoms with Gasteiger partial charge in [-0.25, -0.2) is 0 Å². The average molecular weight is 204 g/mol. The molecule has 1 heterocycles. The molecule has 0 aliphatic carbocycles. The lowest BCUT2D eigenvalue weighted by atomic mass is 9.99. The van der Waals surface area contributed by atoms with E-state index >= 15 is 0 Å². The maximum Gasteiger partial charge on any atom is 0.199 e. The first-order chi connectivity index (χ1) is 7.29. The molecule has 3 heteroatoms. The Morgan fingerprint density at radius 2 is 2.00 bits per heavy atom. The molecule has 1 aromatic carbocycles. The zero-order chi connectivity index (χ0) is 10.7. The van der Waals surface area contributed by atoms with Crippen LogP contribution >= 0.6 is 0 Å². The fourth-order valence-electron chi connectivity index (χ4n) is 1.65. The van der Waals surface area contributed by atoms with E-state index in [4.69, 9.17) is 4.74 Å². The van der Waals surface area contributed by atoms with Crippen LogP contribution in [0.1, 0.15) is 23.2 Å². The van der Waals surface area contributed by atoms with Crippen LogP contribution in [-0.2, 0) is 9.53 Å². The van der Waals surface area contributed by atoms with Gasteiger partial charge in [0.1, 0.15) is 0 Å². The van der Waals surface area contributed by atoms with E-state index in [0.717, 1.165) is 6.42 Å². The van der Waals surface area contributed by atoms with Crippen LogP contribution in [0.5, 0.6) is 0 Å². The van der Waals surface area contributed by atoms with Crippen molar-refractivity contribution in [2.24, 2.45) is 0 Å². The van der Waals surface area contributed by atoms with Crippen LogP contribution in [0.15, 0.2) is 30.3 Å². The van der Waals surface area contributed by atoms with Gasteiger partial charge >= 0.3 is 0 Å². The largest absolute Gasteiger partial charge is 0.362 e. The van der Waals surface area contributed by atoms with Crippen LogP contribution in [0.3, 0.4) is 0 Å². The summed E-state index contributed by atoms with van der Waals surface area (Å²) in [6.07, 6.45) is 0.293. The number of hydrogen-bond acceptors (Lipinski definition) is 3. The third-order valence-electron chi connectivity index (χ3n) is 2.44. The van der Waals surface area contributed by atoms with Crippen molar-refractivity contribution in [3.63, 3.8) is 0 Å². The molecule has 0 aromatic heterocycles. The summed E-state index contributed by atoms with van der Waals surface area (Å²) in [4.78, 5) is 23.3. The standard InChI is InChI=1S/C12H12O3/c13-10-7-4-8-15-12(10)11(14)9-5-2-1-3-6-9/h1-3,5-6,12H,4,7-8H2. The number of carbonyl (C=O) groups excluding carboxylic acids is 2. The SMILES string of the molecule is O=C1CCCOC1C(=O)c1ccccc1. The van der Waals surface area contributed by atoms with Gasteiger partial charge in [-0.3, -0.25) is 9.59 Å². The summed E-state index contributed by atoms with van der Waals surface area (Å²) in [6.45, 7) is 0.495. The molecule has 0 amide bonds. The van der Waals surface area contributed by atoms with Crippen molar-refractivity contribution in [3.8, 4) is 0 Å². The highest BCUT2D eigenvalue weighted by atomic mass is 16.5. The Labute approximate surface area is 88.1 Å². The minimum Gasteiger partial charge on any atom is -0.362 e. The number of rotatable bonds is 2. The molecule has 1 atom stereocenters. The first kappa shape index (κ1) is 10.1. The van der Waals surface area contributed by atoms with Crippen molar-refractivity contribution < 1.29 is 14.3 Å². The Morgan fingerprint density at radius 3 is 2.67 bits per heavy atom. The van der Waals surface area contributed by atoms with Gasteiger partial charge < -0.3 is 4.74 Å². The molecule has 0 N–H and O–H groups in total. The summed E-state index contributed by atoms with van der Waals surface area (Å²) in [6, 6.07) is 8.79. The highest BCUT2D eigenvalue weighted by Gasteiger charge is 2.30. The van der Waals surface area contributed by atoms with Crippen molar-refractivity contribution in [3.05, 3.63) is 35.9 Å². The van der Waals surface area contributed by atoms with E-state index in [1.165, 1.54) is 0 Å². The van der Waals surface area contributed by atoms with Gasteiger partial charge in [0.15, 0.2) is 17.7 Å². The number of ketones is 2. The van der Waals surface area contributed by atoms with Crippen molar-refractivity contribution in [2.75, 3.05) is 6.61 Å². The highest BCUT2D eigenvalue weighted by molar-refractivity contribution is 6.13. The smallest absolute Gasteiger partial charge is 0.199 e. The van der Waals surface area contributed by atoms with Crippen LogP contribution < -0.4 is 0 Å². The molecule has 0 bridgehead atoms. The molecule has 1 saturated heterocycles. The normalized spacial score (nSPS) is 21.3. The van der Waals surface area contributed by atoms with Crippen molar-refractivity contribution in [1.82, 2.24) is 0 Å². The zero-order valence-corrected chi connectivity index (χ0v) is 8.31. The molecular formula is C12H12O3. The van der Waals surface area contributed by atoms with Crippen molar-refractivity contribution in [1.29, 1.82) is 0 Å². The molecule has 1 aliphatic rings. The minimum absolute atomic E-state index is 0.102.